The van der Waals surface area contributed by atoms with E-state index < -0.39 is 20.9 Å². The fourth-order valence-electron chi connectivity index (χ4n) is 2.85. The van der Waals surface area contributed by atoms with Gasteiger partial charge in [0.2, 0.25) is 15.0 Å². The number of ether oxygens (including phenoxy) is 3. The Morgan fingerprint density at radius 2 is 1.86 bits per heavy atom. The molecule has 36 heavy (non-hydrogen) atoms. The minimum Gasteiger partial charge on any atom is -0.493 e. The van der Waals surface area contributed by atoms with Gasteiger partial charge in [-0.25, -0.2) is 8.42 Å². The number of anilines is 1. The van der Waals surface area contributed by atoms with E-state index in [1.807, 2.05) is 37.3 Å². The van der Waals surface area contributed by atoms with Gasteiger partial charge in [-0.1, -0.05) is 23.8 Å². The SMILES string of the molecule is COc1cc(/C=C(/C#N)C(=O)Nc2nc(S(C)(=O)=O)ns2)ccc1OCCCOc1ccc(C)cc1. The lowest BCUT2D eigenvalue weighted by Gasteiger charge is -2.12. The van der Waals surface area contributed by atoms with Crippen LogP contribution in [0.25, 0.3) is 6.08 Å². The molecule has 0 unspecified atom stereocenters. The molecule has 10 nitrogen and oxygen atoms in total. The molecule has 0 spiro atoms. The van der Waals surface area contributed by atoms with Crippen molar-refractivity contribution in [2.75, 3.05) is 31.9 Å². The van der Waals surface area contributed by atoms with E-state index >= 15 is 0 Å². The molecule has 0 fully saturated rings. The maximum Gasteiger partial charge on any atom is 0.268 e. The summed E-state index contributed by atoms with van der Waals surface area (Å²) in [6.07, 6.45) is 2.99. The Labute approximate surface area is 213 Å². The smallest absolute Gasteiger partial charge is 0.268 e. The molecule has 0 atom stereocenters. The molecule has 1 aromatic heterocycles. The Hall–Kier alpha value is -3.95. The lowest BCUT2D eigenvalue weighted by Crippen LogP contribution is -2.13. The summed E-state index contributed by atoms with van der Waals surface area (Å²) in [6.45, 7) is 2.91. The normalized spacial score (nSPS) is 11.4. The number of carbonyl (C=O) groups is 1. The van der Waals surface area contributed by atoms with E-state index in [1.165, 1.54) is 18.7 Å². The highest BCUT2D eigenvalue weighted by molar-refractivity contribution is 7.90. The first-order valence-electron chi connectivity index (χ1n) is 10.7. The molecule has 0 radical (unpaired) electrons. The van der Waals surface area contributed by atoms with E-state index in [4.69, 9.17) is 14.2 Å². The van der Waals surface area contributed by atoms with Crippen LogP contribution in [0, 0.1) is 18.3 Å². The average Bonchev–Trinajstić information content (AvgIpc) is 3.33. The van der Waals surface area contributed by atoms with Crippen LogP contribution in [-0.4, -0.2) is 50.3 Å². The topological polar surface area (TPSA) is 140 Å². The molecular formula is C24H24N4O6S2. The zero-order chi connectivity index (χ0) is 26.1. The monoisotopic (exact) mass is 528 g/mol. The summed E-state index contributed by atoms with van der Waals surface area (Å²) in [5, 5.41) is 11.4. The molecule has 3 aromatic rings. The van der Waals surface area contributed by atoms with Crippen molar-refractivity contribution in [3.63, 3.8) is 0 Å². The van der Waals surface area contributed by atoms with Crippen molar-refractivity contribution in [1.29, 1.82) is 5.26 Å². The number of nitrogens with zero attached hydrogens (tertiary/aromatic N) is 3. The molecule has 0 aliphatic carbocycles. The number of carbonyl (C=O) groups excluding carboxylic acids is 1. The Morgan fingerprint density at radius 1 is 1.14 bits per heavy atom. The molecule has 0 aliphatic rings. The van der Waals surface area contributed by atoms with Crippen LogP contribution in [0.1, 0.15) is 17.5 Å². The van der Waals surface area contributed by atoms with Crippen LogP contribution in [0.15, 0.2) is 53.2 Å². The summed E-state index contributed by atoms with van der Waals surface area (Å²) in [4.78, 5) is 16.2. The molecule has 12 heteroatoms. The van der Waals surface area contributed by atoms with Gasteiger partial charge >= 0.3 is 0 Å². The van der Waals surface area contributed by atoms with Crippen LogP contribution in [0.4, 0.5) is 5.13 Å². The van der Waals surface area contributed by atoms with E-state index in [0.29, 0.717) is 48.2 Å². The maximum absolute atomic E-state index is 12.5. The van der Waals surface area contributed by atoms with Crippen LogP contribution in [0.3, 0.4) is 0 Å². The molecule has 3 rings (SSSR count). The number of amides is 1. The number of sulfone groups is 1. The van der Waals surface area contributed by atoms with Gasteiger partial charge in [-0.05, 0) is 42.8 Å². The van der Waals surface area contributed by atoms with E-state index in [1.54, 1.807) is 18.2 Å². The predicted octanol–water partition coefficient (Wildman–Crippen LogP) is 3.65. The third kappa shape index (κ3) is 7.53. The van der Waals surface area contributed by atoms with Gasteiger partial charge < -0.3 is 14.2 Å². The predicted molar refractivity (Wildman–Crippen MR) is 135 cm³/mol. The highest BCUT2D eigenvalue weighted by Gasteiger charge is 2.17. The first kappa shape index (κ1) is 26.7. The molecule has 188 valence electrons. The number of aromatic nitrogens is 2. The van der Waals surface area contributed by atoms with E-state index in [0.717, 1.165) is 12.0 Å². The first-order chi connectivity index (χ1) is 17.2. The number of aryl methyl sites for hydroxylation is 1. The van der Waals surface area contributed by atoms with Crippen LogP contribution >= 0.6 is 11.5 Å². The highest BCUT2D eigenvalue weighted by Crippen LogP contribution is 2.29. The average molecular weight is 529 g/mol. The number of methoxy groups -OCH3 is 1. The molecule has 1 N–H and O–H groups in total. The number of hydrogen-bond acceptors (Lipinski definition) is 10. The summed E-state index contributed by atoms with van der Waals surface area (Å²) in [5.41, 5.74) is 1.48. The van der Waals surface area contributed by atoms with Crippen molar-refractivity contribution in [3.8, 4) is 23.3 Å². The van der Waals surface area contributed by atoms with Crippen LogP contribution < -0.4 is 19.5 Å². The summed E-state index contributed by atoms with van der Waals surface area (Å²) in [7, 11) is -2.11. The summed E-state index contributed by atoms with van der Waals surface area (Å²) in [6, 6.07) is 14.6. The fraction of sp³-hybridized carbons (Fsp3) is 0.250. The molecule has 1 amide bonds. The summed E-state index contributed by atoms with van der Waals surface area (Å²) < 4.78 is 43.5. The van der Waals surface area contributed by atoms with Crippen molar-refractivity contribution in [2.45, 2.75) is 18.5 Å². The summed E-state index contributed by atoms with van der Waals surface area (Å²) >= 11 is 0.703. The van der Waals surface area contributed by atoms with Crippen molar-refractivity contribution >= 4 is 38.5 Å². The molecule has 2 aromatic carbocycles. The minimum atomic E-state index is -3.60. The molecule has 0 saturated carbocycles. The number of nitrogens with one attached hydrogen (secondary N) is 1. The largest absolute Gasteiger partial charge is 0.493 e. The second-order valence-electron chi connectivity index (χ2n) is 7.55. The van der Waals surface area contributed by atoms with Crippen LogP contribution in [0.5, 0.6) is 17.2 Å². The number of benzene rings is 2. The lowest BCUT2D eigenvalue weighted by atomic mass is 10.1. The van der Waals surface area contributed by atoms with Gasteiger partial charge in [0.05, 0.1) is 20.3 Å². The molecule has 1 heterocycles. The van der Waals surface area contributed by atoms with E-state index in [2.05, 4.69) is 14.7 Å². The van der Waals surface area contributed by atoms with Gasteiger partial charge in [0.1, 0.15) is 17.4 Å². The van der Waals surface area contributed by atoms with E-state index in [9.17, 15) is 18.5 Å². The maximum atomic E-state index is 12.5. The van der Waals surface area contributed by atoms with Gasteiger partial charge in [-0.2, -0.15) is 14.6 Å². The van der Waals surface area contributed by atoms with Gasteiger partial charge in [-0.3, -0.25) is 10.1 Å². The number of nitriles is 1. The van der Waals surface area contributed by atoms with Crippen LogP contribution in [-0.2, 0) is 14.6 Å². The Balaban J connectivity index is 1.59. The zero-order valence-corrected chi connectivity index (χ0v) is 21.5. The van der Waals surface area contributed by atoms with Gasteiger partial charge in [-0.15, -0.1) is 0 Å². The summed E-state index contributed by atoms with van der Waals surface area (Å²) in [5.74, 6) is 0.994. The lowest BCUT2D eigenvalue weighted by molar-refractivity contribution is -0.112. The Kier molecular flexibility index (Phi) is 8.99. The second-order valence-corrected chi connectivity index (χ2v) is 10.2. The van der Waals surface area contributed by atoms with E-state index in [-0.39, 0.29) is 10.7 Å². The van der Waals surface area contributed by atoms with Gasteiger partial charge in [0.25, 0.3) is 11.1 Å². The third-order valence-electron chi connectivity index (χ3n) is 4.66. The molecule has 0 aliphatic heterocycles. The standard InChI is InChI=1S/C24H24N4O6S2/c1-16-5-8-19(9-6-16)33-11-4-12-34-20-10-7-17(14-21(20)32-2)13-18(15-25)22(29)26-23-27-24(28-35-23)36(3,30)31/h5-10,13-14H,4,11-12H2,1-3H3,(H,26,27,28,29)/b18-13-. The van der Waals surface area contributed by atoms with Crippen molar-refractivity contribution in [1.82, 2.24) is 9.36 Å². The van der Waals surface area contributed by atoms with Crippen molar-refractivity contribution < 1.29 is 27.4 Å². The third-order valence-corrected chi connectivity index (χ3v) is 6.25. The van der Waals surface area contributed by atoms with Gasteiger partial charge in [0.15, 0.2) is 11.5 Å². The van der Waals surface area contributed by atoms with Gasteiger partial charge in [0, 0.05) is 24.2 Å². The minimum absolute atomic E-state index is 0.0331. The highest BCUT2D eigenvalue weighted by atomic mass is 32.2. The fourth-order valence-corrected chi connectivity index (χ4v) is 4.29. The first-order valence-corrected chi connectivity index (χ1v) is 13.3. The number of rotatable bonds is 11. The number of hydrogen-bond donors (Lipinski definition) is 1. The zero-order valence-electron chi connectivity index (χ0n) is 19.8. The van der Waals surface area contributed by atoms with Crippen molar-refractivity contribution in [2.24, 2.45) is 0 Å². The molecular weight excluding hydrogens is 504 g/mol. The molecule has 0 saturated heterocycles. The second kappa shape index (κ2) is 12.1. The molecule has 0 bridgehead atoms. The van der Waals surface area contributed by atoms with Crippen LogP contribution in [0.2, 0.25) is 0 Å². The quantitative estimate of drug-likeness (QED) is 0.224. The Bertz CT molecular complexity index is 1390. The Morgan fingerprint density at radius 3 is 2.50 bits per heavy atom. The van der Waals surface area contributed by atoms with Crippen molar-refractivity contribution in [3.05, 3.63) is 59.2 Å².